The highest BCUT2D eigenvalue weighted by Crippen LogP contribution is 2.24. The van der Waals surface area contributed by atoms with Crippen LogP contribution in [0.1, 0.15) is 350 Å². The van der Waals surface area contributed by atoms with Gasteiger partial charge in [-0.05, 0) is 75.0 Å². The van der Waals surface area contributed by atoms with E-state index >= 15 is 0 Å². The largest absolute Gasteiger partial charge is 0.381 e. The summed E-state index contributed by atoms with van der Waals surface area (Å²) in [6.07, 6.45) is 66.9. The molecule has 0 spiro atoms. The lowest BCUT2D eigenvalue weighted by atomic mass is 9.94. The van der Waals surface area contributed by atoms with Crippen LogP contribution in [-0.2, 0) is 14.2 Å². The van der Waals surface area contributed by atoms with Crippen molar-refractivity contribution < 1.29 is 14.2 Å². The van der Waals surface area contributed by atoms with Gasteiger partial charge in [0.2, 0.25) is 0 Å². The molecule has 0 bridgehead atoms. The van der Waals surface area contributed by atoms with Crippen LogP contribution in [0.15, 0.2) is 0 Å². The van der Waals surface area contributed by atoms with Crippen molar-refractivity contribution in [2.45, 2.75) is 350 Å². The molecule has 0 aliphatic heterocycles. The molecule has 0 aliphatic rings. The second-order valence-electron chi connectivity index (χ2n) is 22.4. The number of rotatable bonds is 60. The minimum atomic E-state index is 0.766. The van der Waals surface area contributed by atoms with Crippen molar-refractivity contribution in [2.75, 3.05) is 39.6 Å². The maximum absolute atomic E-state index is 6.42. The van der Waals surface area contributed by atoms with E-state index < -0.39 is 0 Å². The number of hydrogen-bond acceptors (Lipinski definition) is 3. The molecule has 0 aliphatic carbocycles. The SMILES string of the molecule is CCCCCCCCCCCCC(CCCCCCCCCCOCCCCCCCCCCC(CCCCCCCCCCCC)COCC(CC)CCCC)COCC(CC)CCCC. The topological polar surface area (TPSA) is 27.7 Å². The van der Waals surface area contributed by atoms with Gasteiger partial charge in [-0.25, -0.2) is 0 Å². The lowest BCUT2D eigenvalue weighted by Gasteiger charge is -2.20. The Morgan fingerprint density at radius 3 is 0.657 bits per heavy atom. The molecule has 0 aromatic heterocycles. The van der Waals surface area contributed by atoms with Gasteiger partial charge in [0.25, 0.3) is 0 Å². The van der Waals surface area contributed by atoms with Crippen LogP contribution < -0.4 is 0 Å². The van der Waals surface area contributed by atoms with Gasteiger partial charge in [-0.3, -0.25) is 0 Å². The number of ether oxygens (including phenoxy) is 3. The van der Waals surface area contributed by atoms with E-state index in [-0.39, 0.29) is 0 Å². The van der Waals surface area contributed by atoms with E-state index in [1.54, 1.807) is 0 Å². The fourth-order valence-corrected chi connectivity index (χ4v) is 10.6. The van der Waals surface area contributed by atoms with Crippen LogP contribution in [0.5, 0.6) is 0 Å². The van der Waals surface area contributed by atoms with Crippen LogP contribution in [0.25, 0.3) is 0 Å². The molecule has 67 heavy (non-hydrogen) atoms. The third-order valence-electron chi connectivity index (χ3n) is 15.7. The Labute approximate surface area is 425 Å². The second-order valence-corrected chi connectivity index (χ2v) is 22.4. The Hall–Kier alpha value is -0.120. The third kappa shape index (κ3) is 52.0. The Morgan fingerprint density at radius 2 is 0.403 bits per heavy atom. The summed E-state index contributed by atoms with van der Waals surface area (Å²) in [4.78, 5) is 0. The van der Waals surface area contributed by atoms with Gasteiger partial charge in [0.05, 0.1) is 0 Å². The van der Waals surface area contributed by atoms with Gasteiger partial charge in [-0.2, -0.15) is 0 Å². The van der Waals surface area contributed by atoms with Crippen molar-refractivity contribution in [1.82, 2.24) is 0 Å². The van der Waals surface area contributed by atoms with Gasteiger partial charge in [0.1, 0.15) is 0 Å². The maximum Gasteiger partial charge on any atom is 0.0494 e. The fraction of sp³-hybridized carbons (Fsp3) is 1.00. The first-order valence-electron chi connectivity index (χ1n) is 31.9. The summed E-state index contributed by atoms with van der Waals surface area (Å²) in [6, 6.07) is 0. The Balaban J connectivity index is 3.97. The average Bonchev–Trinajstić information content (AvgIpc) is 3.34. The highest BCUT2D eigenvalue weighted by atomic mass is 16.5. The maximum atomic E-state index is 6.42. The van der Waals surface area contributed by atoms with Crippen molar-refractivity contribution in [3.05, 3.63) is 0 Å². The summed E-state index contributed by atoms with van der Waals surface area (Å²) >= 11 is 0. The Morgan fingerprint density at radius 1 is 0.194 bits per heavy atom. The van der Waals surface area contributed by atoms with Crippen LogP contribution in [-0.4, -0.2) is 39.6 Å². The van der Waals surface area contributed by atoms with E-state index in [0.717, 1.165) is 63.3 Å². The fourth-order valence-electron chi connectivity index (χ4n) is 10.6. The molecule has 0 rings (SSSR count). The van der Waals surface area contributed by atoms with Crippen LogP contribution in [0.4, 0.5) is 0 Å². The standard InChI is InChI=1S/C64H130O3/c1-7-13-17-19-21-23-25-31-37-43-51-63(59-66-57-61(11-5)49-15-9-3)53-45-39-33-27-29-35-41-47-55-65-56-48-42-36-30-28-34-40-46-54-64(60-67-58-62(12-6)50-16-10-4)52-44-38-32-26-24-22-20-18-14-8-2/h61-64H,7-60H2,1-6H3. The zero-order chi connectivity index (χ0) is 48.6. The summed E-state index contributed by atoms with van der Waals surface area (Å²) in [7, 11) is 0. The van der Waals surface area contributed by atoms with Gasteiger partial charge in [-0.1, -0.05) is 298 Å². The molecular formula is C64H130O3. The Bertz CT molecular complexity index is 793. The Kier molecular flexibility index (Phi) is 58.3. The van der Waals surface area contributed by atoms with Crippen LogP contribution in [0.2, 0.25) is 0 Å². The van der Waals surface area contributed by atoms with E-state index in [0.29, 0.717) is 0 Å². The second kappa shape index (κ2) is 58.5. The van der Waals surface area contributed by atoms with E-state index in [4.69, 9.17) is 14.2 Å². The first kappa shape index (κ1) is 66.9. The van der Waals surface area contributed by atoms with Crippen LogP contribution in [0.3, 0.4) is 0 Å². The molecule has 3 heteroatoms. The van der Waals surface area contributed by atoms with Crippen LogP contribution in [0, 0.1) is 23.7 Å². The average molecular weight is 948 g/mol. The van der Waals surface area contributed by atoms with E-state index in [1.807, 2.05) is 0 Å². The van der Waals surface area contributed by atoms with Gasteiger partial charge >= 0.3 is 0 Å². The summed E-state index contributed by atoms with van der Waals surface area (Å²) in [5.74, 6) is 3.10. The smallest absolute Gasteiger partial charge is 0.0494 e. The molecule has 4 atom stereocenters. The van der Waals surface area contributed by atoms with Gasteiger partial charge in [-0.15, -0.1) is 0 Å². The molecule has 0 aromatic carbocycles. The summed E-state index contributed by atoms with van der Waals surface area (Å²) in [6.45, 7) is 19.9. The summed E-state index contributed by atoms with van der Waals surface area (Å²) in [5, 5.41) is 0. The molecular weight excluding hydrogens is 817 g/mol. The van der Waals surface area contributed by atoms with Crippen molar-refractivity contribution in [3.63, 3.8) is 0 Å². The predicted molar refractivity (Wildman–Crippen MR) is 302 cm³/mol. The van der Waals surface area contributed by atoms with Crippen molar-refractivity contribution in [1.29, 1.82) is 0 Å². The molecule has 3 nitrogen and oxygen atoms in total. The highest BCUT2D eigenvalue weighted by Gasteiger charge is 2.14. The molecule has 0 aromatic rings. The van der Waals surface area contributed by atoms with Crippen molar-refractivity contribution in [3.8, 4) is 0 Å². The predicted octanol–water partition coefficient (Wildman–Crippen LogP) is 22.3. The highest BCUT2D eigenvalue weighted by molar-refractivity contribution is 4.65. The van der Waals surface area contributed by atoms with E-state index in [1.165, 1.54) is 308 Å². The minimum absolute atomic E-state index is 0.766. The van der Waals surface area contributed by atoms with Crippen molar-refractivity contribution in [2.24, 2.45) is 23.7 Å². The molecule has 0 amide bonds. The molecule has 4 unspecified atom stereocenters. The molecule has 0 N–H and O–H groups in total. The normalized spacial score (nSPS) is 13.7. The lowest BCUT2D eigenvalue weighted by Crippen LogP contribution is -2.15. The zero-order valence-corrected chi connectivity index (χ0v) is 47.7. The van der Waals surface area contributed by atoms with E-state index in [2.05, 4.69) is 41.5 Å². The first-order chi connectivity index (χ1) is 33.1. The molecule has 0 fully saturated rings. The number of unbranched alkanes of at least 4 members (excludes halogenated alkanes) is 34. The van der Waals surface area contributed by atoms with Crippen molar-refractivity contribution >= 4 is 0 Å². The quantitative estimate of drug-likeness (QED) is 0.0569. The van der Waals surface area contributed by atoms with Gasteiger partial charge in [0.15, 0.2) is 0 Å². The third-order valence-corrected chi connectivity index (χ3v) is 15.7. The molecule has 404 valence electrons. The molecule has 0 saturated heterocycles. The van der Waals surface area contributed by atoms with Gasteiger partial charge < -0.3 is 14.2 Å². The van der Waals surface area contributed by atoms with Gasteiger partial charge in [0, 0.05) is 39.6 Å². The molecule has 0 radical (unpaired) electrons. The molecule has 0 saturated carbocycles. The summed E-state index contributed by atoms with van der Waals surface area (Å²) < 4.78 is 18.9. The summed E-state index contributed by atoms with van der Waals surface area (Å²) in [5.41, 5.74) is 0. The number of hydrogen-bond donors (Lipinski definition) is 0. The minimum Gasteiger partial charge on any atom is -0.381 e. The monoisotopic (exact) mass is 947 g/mol. The first-order valence-corrected chi connectivity index (χ1v) is 31.9. The lowest BCUT2D eigenvalue weighted by molar-refractivity contribution is 0.0608. The molecule has 0 heterocycles. The zero-order valence-electron chi connectivity index (χ0n) is 47.7. The van der Waals surface area contributed by atoms with E-state index in [9.17, 15) is 0 Å². The van der Waals surface area contributed by atoms with Crippen LogP contribution >= 0.6 is 0 Å².